The summed E-state index contributed by atoms with van der Waals surface area (Å²) in [7, 11) is 1.63. The van der Waals surface area contributed by atoms with Crippen molar-refractivity contribution < 1.29 is 14.0 Å². The second-order valence-electron chi connectivity index (χ2n) is 5.02. The van der Waals surface area contributed by atoms with E-state index in [2.05, 4.69) is 17.1 Å². The zero-order valence-corrected chi connectivity index (χ0v) is 13.2. The van der Waals surface area contributed by atoms with E-state index in [1.54, 1.807) is 7.11 Å². The van der Waals surface area contributed by atoms with Crippen molar-refractivity contribution in [1.82, 2.24) is 10.1 Å². The molecule has 0 saturated heterocycles. The van der Waals surface area contributed by atoms with Gasteiger partial charge in [-0.1, -0.05) is 12.1 Å². The lowest BCUT2D eigenvalue weighted by Crippen LogP contribution is -1.94. The van der Waals surface area contributed by atoms with Gasteiger partial charge in [0.25, 0.3) is 5.89 Å². The topological polar surface area (TPSA) is 57.4 Å². The summed E-state index contributed by atoms with van der Waals surface area (Å²) >= 11 is 0. The summed E-state index contributed by atoms with van der Waals surface area (Å²) in [6, 6.07) is 15.2. The second kappa shape index (κ2) is 6.96. The van der Waals surface area contributed by atoms with Gasteiger partial charge < -0.3 is 14.0 Å². The molecule has 0 N–H and O–H groups in total. The molecule has 2 aromatic carbocycles. The van der Waals surface area contributed by atoms with Crippen molar-refractivity contribution in [3.63, 3.8) is 0 Å². The number of methoxy groups -OCH3 is 1. The minimum Gasteiger partial charge on any atom is -0.497 e. The maximum atomic E-state index is 5.56. The van der Waals surface area contributed by atoms with Crippen LogP contribution in [0.25, 0.3) is 22.8 Å². The van der Waals surface area contributed by atoms with Crippen LogP contribution in [0.5, 0.6) is 11.5 Å². The van der Waals surface area contributed by atoms with Crippen LogP contribution in [0.4, 0.5) is 0 Å². The molecule has 0 spiro atoms. The van der Waals surface area contributed by atoms with Gasteiger partial charge in [0.1, 0.15) is 11.5 Å². The van der Waals surface area contributed by atoms with E-state index >= 15 is 0 Å². The number of nitrogens with zero attached hydrogens (tertiary/aromatic N) is 2. The largest absolute Gasteiger partial charge is 0.497 e. The van der Waals surface area contributed by atoms with Crippen LogP contribution < -0.4 is 9.47 Å². The third-order valence-electron chi connectivity index (χ3n) is 3.35. The van der Waals surface area contributed by atoms with Crippen LogP contribution in [0, 0.1) is 0 Å². The van der Waals surface area contributed by atoms with Gasteiger partial charge in [-0.25, -0.2) is 0 Å². The molecule has 0 aliphatic carbocycles. The first-order chi connectivity index (χ1) is 11.3. The Morgan fingerprint density at radius 3 is 2.22 bits per heavy atom. The fourth-order valence-corrected chi connectivity index (χ4v) is 2.11. The molecular weight excluding hydrogens is 292 g/mol. The van der Waals surface area contributed by atoms with Crippen molar-refractivity contribution in [2.75, 3.05) is 13.7 Å². The Hall–Kier alpha value is -2.82. The molecule has 23 heavy (non-hydrogen) atoms. The van der Waals surface area contributed by atoms with E-state index in [1.165, 1.54) is 0 Å². The van der Waals surface area contributed by atoms with Gasteiger partial charge in [-0.15, -0.1) is 0 Å². The normalized spacial score (nSPS) is 10.5. The fourth-order valence-electron chi connectivity index (χ4n) is 2.11. The summed E-state index contributed by atoms with van der Waals surface area (Å²) in [5, 5.41) is 4.03. The molecule has 0 aliphatic heterocycles. The molecule has 0 radical (unpaired) electrons. The van der Waals surface area contributed by atoms with E-state index < -0.39 is 0 Å². The Balaban J connectivity index is 1.78. The Bertz CT molecular complexity index is 749. The smallest absolute Gasteiger partial charge is 0.258 e. The van der Waals surface area contributed by atoms with Gasteiger partial charge in [-0.2, -0.15) is 4.98 Å². The van der Waals surface area contributed by atoms with E-state index in [9.17, 15) is 0 Å². The zero-order valence-electron chi connectivity index (χ0n) is 13.2. The summed E-state index contributed by atoms with van der Waals surface area (Å²) < 4.78 is 16.1. The molecule has 0 saturated carbocycles. The zero-order chi connectivity index (χ0) is 16.1. The SMILES string of the molecule is CCCOc1ccc(-c2nc(-c3ccc(OC)cc3)no2)cc1. The lowest BCUT2D eigenvalue weighted by atomic mass is 10.2. The summed E-state index contributed by atoms with van der Waals surface area (Å²) in [6.45, 7) is 2.79. The minimum absolute atomic E-state index is 0.484. The lowest BCUT2D eigenvalue weighted by molar-refractivity contribution is 0.317. The van der Waals surface area contributed by atoms with Crippen LogP contribution in [0.1, 0.15) is 13.3 Å². The van der Waals surface area contributed by atoms with Gasteiger partial charge in [0.05, 0.1) is 13.7 Å². The Labute approximate surface area is 134 Å². The highest BCUT2D eigenvalue weighted by molar-refractivity contribution is 5.60. The summed E-state index contributed by atoms with van der Waals surface area (Å²) in [4.78, 5) is 4.44. The first-order valence-electron chi connectivity index (χ1n) is 7.51. The molecule has 1 heterocycles. The molecule has 3 rings (SSSR count). The predicted molar refractivity (Wildman–Crippen MR) is 87.5 cm³/mol. The molecule has 5 nitrogen and oxygen atoms in total. The van der Waals surface area contributed by atoms with Gasteiger partial charge >= 0.3 is 0 Å². The van der Waals surface area contributed by atoms with Crippen molar-refractivity contribution in [2.24, 2.45) is 0 Å². The quantitative estimate of drug-likeness (QED) is 0.683. The van der Waals surface area contributed by atoms with Crippen LogP contribution in [0.15, 0.2) is 53.1 Å². The van der Waals surface area contributed by atoms with E-state index in [4.69, 9.17) is 14.0 Å². The maximum Gasteiger partial charge on any atom is 0.258 e. The van der Waals surface area contributed by atoms with E-state index in [1.807, 2.05) is 48.5 Å². The highest BCUT2D eigenvalue weighted by Gasteiger charge is 2.10. The van der Waals surface area contributed by atoms with Crippen molar-refractivity contribution in [2.45, 2.75) is 13.3 Å². The van der Waals surface area contributed by atoms with Crippen LogP contribution in [0.2, 0.25) is 0 Å². The van der Waals surface area contributed by atoms with Gasteiger partial charge in [0.2, 0.25) is 5.82 Å². The molecule has 0 aliphatic rings. The Morgan fingerprint density at radius 1 is 0.913 bits per heavy atom. The standard InChI is InChI=1S/C18H18N2O3/c1-3-12-22-16-10-6-14(7-11-16)18-19-17(20-23-18)13-4-8-15(21-2)9-5-13/h4-11H,3,12H2,1-2H3. The second-order valence-corrected chi connectivity index (χ2v) is 5.02. The summed E-state index contributed by atoms with van der Waals surface area (Å²) in [5.41, 5.74) is 1.74. The predicted octanol–water partition coefficient (Wildman–Crippen LogP) is 4.20. The molecule has 0 unspecified atom stereocenters. The molecule has 0 atom stereocenters. The highest BCUT2D eigenvalue weighted by atomic mass is 16.5. The number of rotatable bonds is 6. The van der Waals surface area contributed by atoms with Crippen LogP contribution in [0.3, 0.4) is 0 Å². The molecule has 0 amide bonds. The van der Waals surface area contributed by atoms with Crippen molar-refractivity contribution >= 4 is 0 Å². The van der Waals surface area contributed by atoms with Crippen molar-refractivity contribution in [1.29, 1.82) is 0 Å². The van der Waals surface area contributed by atoms with Crippen LogP contribution in [-0.4, -0.2) is 23.9 Å². The number of hydrogen-bond donors (Lipinski definition) is 0. The summed E-state index contributed by atoms with van der Waals surface area (Å²) in [5.74, 6) is 2.66. The highest BCUT2D eigenvalue weighted by Crippen LogP contribution is 2.25. The minimum atomic E-state index is 0.484. The number of ether oxygens (including phenoxy) is 2. The van der Waals surface area contributed by atoms with Crippen molar-refractivity contribution in [3.8, 4) is 34.3 Å². The van der Waals surface area contributed by atoms with Gasteiger partial charge in [-0.3, -0.25) is 0 Å². The molecule has 5 heteroatoms. The molecule has 1 aromatic heterocycles. The van der Waals surface area contributed by atoms with Crippen LogP contribution >= 0.6 is 0 Å². The molecule has 0 fully saturated rings. The first kappa shape index (κ1) is 15.1. The third kappa shape index (κ3) is 3.51. The first-order valence-corrected chi connectivity index (χ1v) is 7.51. The average molecular weight is 310 g/mol. The average Bonchev–Trinajstić information content (AvgIpc) is 3.10. The molecule has 3 aromatic rings. The van der Waals surface area contributed by atoms with E-state index in [-0.39, 0.29) is 0 Å². The van der Waals surface area contributed by atoms with Crippen molar-refractivity contribution in [3.05, 3.63) is 48.5 Å². The summed E-state index contributed by atoms with van der Waals surface area (Å²) in [6.07, 6.45) is 0.983. The Morgan fingerprint density at radius 2 is 1.57 bits per heavy atom. The van der Waals surface area contributed by atoms with Gasteiger partial charge in [-0.05, 0) is 55.0 Å². The number of hydrogen-bond acceptors (Lipinski definition) is 5. The van der Waals surface area contributed by atoms with E-state index in [0.717, 1.165) is 29.0 Å². The van der Waals surface area contributed by atoms with E-state index in [0.29, 0.717) is 18.3 Å². The number of aromatic nitrogens is 2. The molecule has 0 bridgehead atoms. The number of benzene rings is 2. The van der Waals surface area contributed by atoms with Gasteiger partial charge in [0, 0.05) is 11.1 Å². The maximum absolute atomic E-state index is 5.56. The molecular formula is C18H18N2O3. The third-order valence-corrected chi connectivity index (χ3v) is 3.35. The lowest BCUT2D eigenvalue weighted by Gasteiger charge is -2.03. The Kier molecular flexibility index (Phi) is 4.57. The van der Waals surface area contributed by atoms with Crippen LogP contribution in [-0.2, 0) is 0 Å². The van der Waals surface area contributed by atoms with Gasteiger partial charge in [0.15, 0.2) is 0 Å². The molecule has 118 valence electrons. The monoisotopic (exact) mass is 310 g/mol. The fraction of sp³-hybridized carbons (Fsp3) is 0.222.